The van der Waals surface area contributed by atoms with Crippen LogP contribution in [0.1, 0.15) is 25.7 Å². The average Bonchev–Trinajstić information content (AvgIpc) is 2.67. The summed E-state index contributed by atoms with van der Waals surface area (Å²) in [7, 11) is 1.66. The van der Waals surface area contributed by atoms with E-state index in [0.29, 0.717) is 18.9 Å². The summed E-state index contributed by atoms with van der Waals surface area (Å²) in [6.07, 6.45) is 0.940. The predicted octanol–water partition coefficient (Wildman–Crippen LogP) is 1.33. The first-order valence-electron chi connectivity index (χ1n) is 5.00. The number of rotatable bonds is 6. The Balaban J connectivity index is 2.37. The Labute approximate surface area is 90.2 Å². The summed E-state index contributed by atoms with van der Waals surface area (Å²) in [5.74, 6) is 0.579. The Morgan fingerprint density at radius 3 is 2.87 bits per heavy atom. The first-order chi connectivity index (χ1) is 7.05. The van der Waals surface area contributed by atoms with Gasteiger partial charge in [0.1, 0.15) is 11.9 Å². The average molecular weight is 213 g/mol. The number of aliphatic hydroxyl groups excluding tert-OH is 1. The molecule has 0 aromatic carbocycles. The van der Waals surface area contributed by atoms with Gasteiger partial charge in [0.05, 0.1) is 12.9 Å². The molecule has 0 amide bonds. The van der Waals surface area contributed by atoms with Crippen molar-refractivity contribution in [2.24, 2.45) is 0 Å². The fourth-order valence-electron chi connectivity index (χ4n) is 1.37. The van der Waals surface area contributed by atoms with Crippen molar-refractivity contribution in [1.82, 2.24) is 5.32 Å². The third kappa shape index (κ3) is 4.03. The van der Waals surface area contributed by atoms with E-state index in [0.717, 1.165) is 0 Å². The molecule has 1 aromatic rings. The molecular formula is C11H19NO3. The van der Waals surface area contributed by atoms with Crippen LogP contribution in [-0.2, 0) is 4.74 Å². The van der Waals surface area contributed by atoms with E-state index in [4.69, 9.17) is 9.15 Å². The van der Waals surface area contributed by atoms with Crippen LogP contribution in [-0.4, -0.2) is 30.9 Å². The zero-order valence-electron chi connectivity index (χ0n) is 9.49. The molecule has 4 heteroatoms. The topological polar surface area (TPSA) is 54.6 Å². The van der Waals surface area contributed by atoms with Crippen LogP contribution in [0.4, 0.5) is 0 Å². The molecule has 0 aliphatic heterocycles. The van der Waals surface area contributed by atoms with E-state index in [1.54, 1.807) is 25.5 Å². The van der Waals surface area contributed by atoms with Crippen LogP contribution >= 0.6 is 0 Å². The second-order valence-corrected chi connectivity index (χ2v) is 4.23. The summed E-state index contributed by atoms with van der Waals surface area (Å²) in [5.41, 5.74) is -0.150. The van der Waals surface area contributed by atoms with E-state index < -0.39 is 6.10 Å². The molecule has 4 nitrogen and oxygen atoms in total. The monoisotopic (exact) mass is 213 g/mol. The highest BCUT2D eigenvalue weighted by Crippen LogP contribution is 2.13. The van der Waals surface area contributed by atoms with Crippen LogP contribution in [0, 0.1) is 0 Å². The summed E-state index contributed by atoms with van der Waals surface area (Å²) in [5, 5.41) is 13.0. The third-order valence-corrected chi connectivity index (χ3v) is 2.15. The van der Waals surface area contributed by atoms with Gasteiger partial charge in [0.15, 0.2) is 0 Å². The largest absolute Gasteiger partial charge is 0.467 e. The molecule has 0 bridgehead atoms. The van der Waals surface area contributed by atoms with E-state index in [9.17, 15) is 5.11 Å². The van der Waals surface area contributed by atoms with Crippen molar-refractivity contribution < 1.29 is 14.3 Å². The smallest absolute Gasteiger partial charge is 0.133 e. The lowest BCUT2D eigenvalue weighted by Gasteiger charge is -2.26. The van der Waals surface area contributed by atoms with E-state index in [2.05, 4.69) is 5.32 Å². The lowest BCUT2D eigenvalue weighted by atomic mass is 10.1. The van der Waals surface area contributed by atoms with Crippen molar-refractivity contribution >= 4 is 0 Å². The number of nitrogens with one attached hydrogen (secondary N) is 1. The molecule has 1 unspecified atom stereocenters. The Bertz CT molecular complexity index is 269. The predicted molar refractivity (Wildman–Crippen MR) is 57.6 cm³/mol. The molecule has 86 valence electrons. The van der Waals surface area contributed by atoms with Crippen molar-refractivity contribution in [2.45, 2.75) is 25.5 Å². The molecule has 1 aromatic heterocycles. The zero-order valence-corrected chi connectivity index (χ0v) is 9.49. The summed E-state index contributed by atoms with van der Waals surface area (Å²) < 4.78 is 10.2. The highest BCUT2D eigenvalue weighted by atomic mass is 16.5. The Morgan fingerprint density at radius 1 is 1.60 bits per heavy atom. The molecule has 0 radical (unpaired) electrons. The standard InChI is InChI=1S/C11H19NO3/c1-11(2,8-14-3)12-7-9(13)10-5-4-6-15-10/h4-6,9,12-13H,7-8H2,1-3H3. The molecule has 0 spiro atoms. The van der Waals surface area contributed by atoms with Crippen LogP contribution in [0.3, 0.4) is 0 Å². The fourth-order valence-corrected chi connectivity index (χ4v) is 1.37. The first kappa shape index (κ1) is 12.2. The van der Waals surface area contributed by atoms with Gasteiger partial charge in [-0.15, -0.1) is 0 Å². The van der Waals surface area contributed by atoms with Gasteiger partial charge in [0.2, 0.25) is 0 Å². The molecule has 0 saturated heterocycles. The quantitative estimate of drug-likeness (QED) is 0.748. The fraction of sp³-hybridized carbons (Fsp3) is 0.636. The molecule has 15 heavy (non-hydrogen) atoms. The number of aliphatic hydroxyl groups is 1. The number of hydrogen-bond donors (Lipinski definition) is 2. The molecule has 0 saturated carbocycles. The molecular weight excluding hydrogens is 194 g/mol. The van der Waals surface area contributed by atoms with Gasteiger partial charge in [-0.1, -0.05) is 0 Å². The van der Waals surface area contributed by atoms with Gasteiger partial charge in [0, 0.05) is 19.2 Å². The minimum absolute atomic E-state index is 0.150. The van der Waals surface area contributed by atoms with Gasteiger partial charge in [-0.05, 0) is 26.0 Å². The van der Waals surface area contributed by atoms with Gasteiger partial charge < -0.3 is 19.6 Å². The summed E-state index contributed by atoms with van der Waals surface area (Å²) in [6.45, 7) is 5.08. The normalized spacial score (nSPS) is 14.1. The SMILES string of the molecule is COCC(C)(C)NCC(O)c1ccco1. The number of hydrogen-bond acceptors (Lipinski definition) is 4. The molecule has 0 fully saturated rings. The maximum atomic E-state index is 9.74. The minimum Gasteiger partial charge on any atom is -0.467 e. The lowest BCUT2D eigenvalue weighted by molar-refractivity contribution is 0.0993. The van der Waals surface area contributed by atoms with Crippen molar-refractivity contribution in [3.63, 3.8) is 0 Å². The molecule has 2 N–H and O–H groups in total. The number of β-amino-alcohol motifs (C(OH)–C–C–N with tert-alkyl or cyclic N) is 1. The zero-order chi connectivity index (χ0) is 11.3. The summed E-state index contributed by atoms with van der Waals surface area (Å²) in [6, 6.07) is 3.52. The van der Waals surface area contributed by atoms with Gasteiger partial charge >= 0.3 is 0 Å². The number of ether oxygens (including phenoxy) is 1. The summed E-state index contributed by atoms with van der Waals surface area (Å²) >= 11 is 0. The molecule has 1 atom stereocenters. The van der Waals surface area contributed by atoms with Gasteiger partial charge in [0.25, 0.3) is 0 Å². The first-order valence-corrected chi connectivity index (χ1v) is 5.00. The number of methoxy groups -OCH3 is 1. The molecule has 0 aliphatic rings. The molecule has 1 rings (SSSR count). The van der Waals surface area contributed by atoms with Gasteiger partial charge in [-0.2, -0.15) is 0 Å². The third-order valence-electron chi connectivity index (χ3n) is 2.15. The Hall–Kier alpha value is -0.840. The van der Waals surface area contributed by atoms with Crippen LogP contribution in [0.2, 0.25) is 0 Å². The van der Waals surface area contributed by atoms with E-state index in [1.807, 2.05) is 13.8 Å². The van der Waals surface area contributed by atoms with Crippen LogP contribution in [0.5, 0.6) is 0 Å². The van der Waals surface area contributed by atoms with Gasteiger partial charge in [-0.25, -0.2) is 0 Å². The Morgan fingerprint density at radius 2 is 2.33 bits per heavy atom. The van der Waals surface area contributed by atoms with E-state index >= 15 is 0 Å². The molecule has 1 heterocycles. The van der Waals surface area contributed by atoms with Crippen LogP contribution < -0.4 is 5.32 Å². The molecule has 0 aliphatic carbocycles. The highest BCUT2D eigenvalue weighted by molar-refractivity contribution is 5.02. The lowest BCUT2D eigenvalue weighted by Crippen LogP contribution is -2.45. The van der Waals surface area contributed by atoms with Crippen LogP contribution in [0.15, 0.2) is 22.8 Å². The second kappa shape index (κ2) is 5.30. The van der Waals surface area contributed by atoms with Gasteiger partial charge in [-0.3, -0.25) is 0 Å². The van der Waals surface area contributed by atoms with Crippen molar-refractivity contribution in [2.75, 3.05) is 20.3 Å². The minimum atomic E-state index is -0.615. The maximum absolute atomic E-state index is 9.74. The highest BCUT2D eigenvalue weighted by Gasteiger charge is 2.19. The van der Waals surface area contributed by atoms with Crippen molar-refractivity contribution in [3.8, 4) is 0 Å². The van der Waals surface area contributed by atoms with Crippen LogP contribution in [0.25, 0.3) is 0 Å². The van der Waals surface area contributed by atoms with Crippen molar-refractivity contribution in [1.29, 1.82) is 0 Å². The number of furan rings is 1. The van der Waals surface area contributed by atoms with E-state index in [-0.39, 0.29) is 5.54 Å². The maximum Gasteiger partial charge on any atom is 0.133 e. The van der Waals surface area contributed by atoms with E-state index in [1.165, 1.54) is 0 Å². The second-order valence-electron chi connectivity index (χ2n) is 4.23. The summed E-state index contributed by atoms with van der Waals surface area (Å²) in [4.78, 5) is 0. The van der Waals surface area contributed by atoms with Crippen molar-refractivity contribution in [3.05, 3.63) is 24.2 Å². The Kier molecular flexibility index (Phi) is 4.32.